The van der Waals surface area contributed by atoms with Crippen LogP contribution in [0, 0.1) is 11.8 Å². The van der Waals surface area contributed by atoms with E-state index in [0.717, 1.165) is 36.1 Å². The Balaban J connectivity index is 1.47. The normalized spacial score (nSPS) is 16.1. The highest BCUT2D eigenvalue weighted by molar-refractivity contribution is 5.86. The molecule has 1 saturated carbocycles. The average molecular weight is 537 g/mol. The molecule has 1 aliphatic carbocycles. The van der Waals surface area contributed by atoms with E-state index in [2.05, 4.69) is 17.2 Å². The Morgan fingerprint density at radius 3 is 2.26 bits per heavy atom. The van der Waals surface area contributed by atoms with Crippen molar-refractivity contribution in [1.29, 1.82) is 0 Å². The zero-order valence-electron chi connectivity index (χ0n) is 22.9. The van der Waals surface area contributed by atoms with Crippen LogP contribution in [0.5, 0.6) is 5.75 Å². The Hall–Kier alpha value is -3.16. The molecule has 3 atom stereocenters. The molecule has 0 aromatic heterocycles. The number of hydrogen-bond acceptors (Lipinski definition) is 5. The quantitative estimate of drug-likeness (QED) is 0.239. The van der Waals surface area contributed by atoms with E-state index >= 15 is 0 Å². The minimum Gasteiger partial charge on any atom is -0.489 e. The van der Waals surface area contributed by atoms with E-state index in [-0.39, 0.29) is 37.5 Å². The van der Waals surface area contributed by atoms with Crippen molar-refractivity contribution < 1.29 is 24.5 Å². The molecule has 1 aliphatic rings. The van der Waals surface area contributed by atoms with Gasteiger partial charge >= 0.3 is 0 Å². The molecule has 0 heterocycles. The predicted molar refractivity (Wildman–Crippen MR) is 153 cm³/mol. The molecule has 2 amide bonds. The van der Waals surface area contributed by atoms with Crippen LogP contribution in [0.4, 0.5) is 0 Å². The van der Waals surface area contributed by atoms with E-state index in [1.807, 2.05) is 54.6 Å². The molecule has 7 nitrogen and oxygen atoms in total. The number of carbonyl (C=O) groups excluding carboxylic acids is 2. The molecule has 2 aromatic rings. The molecule has 0 radical (unpaired) electrons. The molecular formula is C32H44N2O5. The lowest BCUT2D eigenvalue weighted by Gasteiger charge is -2.27. The Kier molecular flexibility index (Phi) is 13.0. The van der Waals surface area contributed by atoms with Gasteiger partial charge in [-0.3, -0.25) is 9.59 Å². The Morgan fingerprint density at radius 2 is 1.62 bits per heavy atom. The van der Waals surface area contributed by atoms with Crippen molar-refractivity contribution >= 4 is 11.8 Å². The molecule has 0 spiro atoms. The van der Waals surface area contributed by atoms with Gasteiger partial charge in [-0.05, 0) is 48.4 Å². The van der Waals surface area contributed by atoms with Crippen LogP contribution in [-0.4, -0.2) is 47.3 Å². The highest BCUT2D eigenvalue weighted by Gasteiger charge is 2.26. The van der Waals surface area contributed by atoms with Gasteiger partial charge in [-0.2, -0.15) is 0 Å². The zero-order valence-corrected chi connectivity index (χ0v) is 22.9. The van der Waals surface area contributed by atoms with Crippen molar-refractivity contribution in [2.75, 3.05) is 13.2 Å². The van der Waals surface area contributed by atoms with Crippen molar-refractivity contribution in [2.24, 2.45) is 11.8 Å². The van der Waals surface area contributed by atoms with E-state index in [1.54, 1.807) is 6.08 Å². The standard InChI is InChI=1S/C32H44N2O5/c1-2-9-27(32(38)34-29(22-36)18-24-10-5-3-6-11-24)20-31(37)33-28(21-35)19-25-14-16-30(17-15-25)39-23-26-12-7-4-8-13-26/h2,4,7-8,12-17,24,27-29,35-36H,1,3,5-6,9-11,18-23H2,(H,33,37)(H,34,38)/t27-,28+,29+/m1/s1. The summed E-state index contributed by atoms with van der Waals surface area (Å²) in [6.45, 7) is 3.89. The SMILES string of the molecule is C=CC[C@H](CC(=O)N[C@H](CO)Cc1ccc(OCc2ccccc2)cc1)C(=O)N[C@H](CO)CC1CCCCC1. The molecule has 0 bridgehead atoms. The summed E-state index contributed by atoms with van der Waals surface area (Å²) in [5.41, 5.74) is 2.04. The molecule has 1 fully saturated rings. The maximum atomic E-state index is 13.0. The summed E-state index contributed by atoms with van der Waals surface area (Å²) in [5.74, 6) is 0.142. The lowest BCUT2D eigenvalue weighted by molar-refractivity contribution is -0.131. The molecule has 3 rings (SSSR count). The van der Waals surface area contributed by atoms with Crippen molar-refractivity contribution in [3.63, 3.8) is 0 Å². The molecule has 212 valence electrons. The fraction of sp³-hybridized carbons (Fsp3) is 0.500. The number of allylic oxidation sites excluding steroid dienone is 1. The van der Waals surface area contributed by atoms with Gasteiger partial charge in [0.2, 0.25) is 11.8 Å². The number of rotatable bonds is 16. The van der Waals surface area contributed by atoms with Gasteiger partial charge in [-0.15, -0.1) is 6.58 Å². The summed E-state index contributed by atoms with van der Waals surface area (Å²) in [6.07, 6.45) is 9.13. The van der Waals surface area contributed by atoms with E-state index in [4.69, 9.17) is 4.74 Å². The number of carbonyl (C=O) groups is 2. The number of nitrogens with one attached hydrogen (secondary N) is 2. The second-order valence-electron chi connectivity index (χ2n) is 10.6. The van der Waals surface area contributed by atoms with Crippen LogP contribution in [-0.2, 0) is 22.6 Å². The molecule has 7 heteroatoms. The summed E-state index contributed by atoms with van der Waals surface area (Å²) in [7, 11) is 0. The fourth-order valence-corrected chi connectivity index (χ4v) is 5.23. The number of ether oxygens (including phenoxy) is 1. The second kappa shape index (κ2) is 16.7. The van der Waals surface area contributed by atoms with Gasteiger partial charge in [0, 0.05) is 6.42 Å². The first-order valence-corrected chi connectivity index (χ1v) is 14.2. The maximum absolute atomic E-state index is 13.0. The molecular weight excluding hydrogens is 492 g/mol. The minimum atomic E-state index is -0.580. The first kappa shape index (κ1) is 30.4. The lowest BCUT2D eigenvalue weighted by Crippen LogP contribution is -2.45. The van der Waals surface area contributed by atoms with Crippen LogP contribution in [0.2, 0.25) is 0 Å². The number of aliphatic hydroxyl groups excluding tert-OH is 2. The molecule has 2 aromatic carbocycles. The van der Waals surface area contributed by atoms with Crippen molar-refractivity contribution in [3.05, 3.63) is 78.4 Å². The lowest BCUT2D eigenvalue weighted by atomic mass is 9.85. The van der Waals surface area contributed by atoms with Gasteiger partial charge in [0.05, 0.1) is 31.2 Å². The van der Waals surface area contributed by atoms with Crippen LogP contribution in [0.3, 0.4) is 0 Å². The topological polar surface area (TPSA) is 108 Å². The minimum absolute atomic E-state index is 0.0117. The molecule has 0 aliphatic heterocycles. The van der Waals surface area contributed by atoms with Gasteiger partial charge in [0.15, 0.2) is 0 Å². The molecule has 4 N–H and O–H groups in total. The largest absolute Gasteiger partial charge is 0.489 e. The first-order chi connectivity index (χ1) is 19.0. The summed E-state index contributed by atoms with van der Waals surface area (Å²) in [5, 5.41) is 25.6. The number of amides is 2. The van der Waals surface area contributed by atoms with E-state index < -0.39 is 12.0 Å². The highest BCUT2D eigenvalue weighted by Crippen LogP contribution is 2.27. The number of hydrogen-bond donors (Lipinski definition) is 4. The van der Waals surface area contributed by atoms with E-state index in [0.29, 0.717) is 25.4 Å². The van der Waals surface area contributed by atoms with E-state index in [1.165, 1.54) is 19.3 Å². The van der Waals surface area contributed by atoms with Crippen LogP contribution < -0.4 is 15.4 Å². The molecule has 39 heavy (non-hydrogen) atoms. The van der Waals surface area contributed by atoms with Crippen LogP contribution in [0.1, 0.15) is 62.5 Å². The average Bonchev–Trinajstić information content (AvgIpc) is 2.96. The Morgan fingerprint density at radius 1 is 0.923 bits per heavy atom. The number of aliphatic hydroxyl groups is 2. The first-order valence-electron chi connectivity index (χ1n) is 14.2. The van der Waals surface area contributed by atoms with Crippen molar-refractivity contribution in [3.8, 4) is 5.75 Å². The summed E-state index contributed by atoms with van der Waals surface area (Å²) < 4.78 is 5.83. The van der Waals surface area contributed by atoms with Crippen molar-refractivity contribution in [1.82, 2.24) is 10.6 Å². The van der Waals surface area contributed by atoms with Crippen LogP contribution >= 0.6 is 0 Å². The van der Waals surface area contributed by atoms with Crippen molar-refractivity contribution in [2.45, 2.75) is 76.5 Å². The highest BCUT2D eigenvalue weighted by atomic mass is 16.5. The Bertz CT molecular complexity index is 1000. The summed E-state index contributed by atoms with van der Waals surface area (Å²) in [4.78, 5) is 25.8. The third-order valence-electron chi connectivity index (χ3n) is 7.40. The third-order valence-corrected chi connectivity index (χ3v) is 7.40. The smallest absolute Gasteiger partial charge is 0.224 e. The van der Waals surface area contributed by atoms with Crippen LogP contribution in [0.15, 0.2) is 67.3 Å². The van der Waals surface area contributed by atoms with Crippen LogP contribution in [0.25, 0.3) is 0 Å². The number of benzene rings is 2. The van der Waals surface area contributed by atoms with Gasteiger partial charge in [-0.1, -0.05) is 80.6 Å². The zero-order chi connectivity index (χ0) is 27.9. The predicted octanol–water partition coefficient (Wildman–Crippen LogP) is 4.32. The van der Waals surface area contributed by atoms with Gasteiger partial charge in [-0.25, -0.2) is 0 Å². The summed E-state index contributed by atoms with van der Waals surface area (Å²) in [6, 6.07) is 16.8. The maximum Gasteiger partial charge on any atom is 0.224 e. The molecule has 0 saturated heterocycles. The summed E-state index contributed by atoms with van der Waals surface area (Å²) >= 11 is 0. The Labute approximate surface area is 232 Å². The monoisotopic (exact) mass is 536 g/mol. The molecule has 0 unspecified atom stereocenters. The fourth-order valence-electron chi connectivity index (χ4n) is 5.23. The third kappa shape index (κ3) is 10.9. The van der Waals surface area contributed by atoms with Gasteiger partial charge in [0.25, 0.3) is 0 Å². The second-order valence-corrected chi connectivity index (χ2v) is 10.6. The van der Waals surface area contributed by atoms with Gasteiger partial charge < -0.3 is 25.6 Å². The van der Waals surface area contributed by atoms with E-state index in [9.17, 15) is 19.8 Å². The van der Waals surface area contributed by atoms with Gasteiger partial charge in [0.1, 0.15) is 12.4 Å².